The Morgan fingerprint density at radius 1 is 1.19 bits per heavy atom. The molecule has 1 heterocycles. The summed E-state index contributed by atoms with van der Waals surface area (Å²) in [5.74, 6) is 1.03. The molecule has 0 fully saturated rings. The normalized spacial score (nSPS) is 12.6. The van der Waals surface area contributed by atoms with Crippen molar-refractivity contribution in [3.05, 3.63) is 47.3 Å². The fourth-order valence-corrected chi connectivity index (χ4v) is 3.71. The van der Waals surface area contributed by atoms with E-state index >= 15 is 0 Å². The maximum Gasteiger partial charge on any atom is 0.0671 e. The van der Waals surface area contributed by atoms with Crippen LogP contribution in [0.3, 0.4) is 0 Å². The molecule has 1 aromatic heterocycles. The first-order chi connectivity index (χ1) is 10.2. The fraction of sp³-hybridized carbons (Fsp3) is 0.471. The summed E-state index contributed by atoms with van der Waals surface area (Å²) in [6.45, 7) is 7.30. The molecule has 4 heteroatoms. The quantitative estimate of drug-likeness (QED) is 0.521. The summed E-state index contributed by atoms with van der Waals surface area (Å²) in [6, 6.07) is 10.5. The van der Waals surface area contributed by atoms with Crippen molar-refractivity contribution in [2.45, 2.75) is 50.4 Å². The molecule has 0 aliphatic heterocycles. The van der Waals surface area contributed by atoms with E-state index < -0.39 is 0 Å². The first-order valence-corrected chi connectivity index (χ1v) is 8.99. The Hall–Kier alpha value is -0.930. The Labute approximate surface area is 136 Å². The van der Waals surface area contributed by atoms with Gasteiger partial charge >= 0.3 is 0 Å². The van der Waals surface area contributed by atoms with Crippen molar-refractivity contribution in [3.63, 3.8) is 0 Å². The minimum atomic E-state index is 0.0328. The van der Waals surface area contributed by atoms with Crippen LogP contribution in [0.2, 0.25) is 0 Å². The molecule has 0 aliphatic carbocycles. The Balaban J connectivity index is 2.09. The molecule has 0 spiro atoms. The molecule has 1 unspecified atom stereocenters. The number of hydrogen-bond donors (Lipinski definition) is 0. The SMILES string of the molecule is CCc1nn(CCSc2ccccc2)c(CC)c1C(C)Cl. The Morgan fingerprint density at radius 3 is 2.48 bits per heavy atom. The van der Waals surface area contributed by atoms with Gasteiger partial charge in [-0.2, -0.15) is 5.10 Å². The van der Waals surface area contributed by atoms with E-state index in [1.54, 1.807) is 0 Å². The van der Waals surface area contributed by atoms with Gasteiger partial charge in [0.1, 0.15) is 0 Å². The lowest BCUT2D eigenvalue weighted by Gasteiger charge is -2.09. The van der Waals surface area contributed by atoms with Gasteiger partial charge in [-0.05, 0) is 31.9 Å². The summed E-state index contributed by atoms with van der Waals surface area (Å²) in [4.78, 5) is 1.31. The van der Waals surface area contributed by atoms with Gasteiger partial charge in [0.25, 0.3) is 0 Å². The zero-order chi connectivity index (χ0) is 15.2. The highest BCUT2D eigenvalue weighted by Gasteiger charge is 2.18. The second kappa shape index (κ2) is 7.90. The number of rotatable bonds is 7. The van der Waals surface area contributed by atoms with Crippen molar-refractivity contribution in [2.24, 2.45) is 0 Å². The number of halogens is 1. The number of aryl methyl sites for hydroxylation is 2. The van der Waals surface area contributed by atoms with Crippen LogP contribution in [0.4, 0.5) is 0 Å². The third-order valence-corrected chi connectivity index (χ3v) is 4.77. The zero-order valence-electron chi connectivity index (χ0n) is 13.0. The highest BCUT2D eigenvalue weighted by atomic mass is 35.5. The Morgan fingerprint density at radius 2 is 1.90 bits per heavy atom. The van der Waals surface area contributed by atoms with E-state index in [1.165, 1.54) is 16.2 Å². The van der Waals surface area contributed by atoms with E-state index in [4.69, 9.17) is 16.7 Å². The second-order valence-electron chi connectivity index (χ2n) is 5.01. The van der Waals surface area contributed by atoms with Crippen LogP contribution in [0.5, 0.6) is 0 Å². The molecule has 0 bridgehead atoms. The van der Waals surface area contributed by atoms with Crippen LogP contribution in [0.15, 0.2) is 35.2 Å². The molecule has 2 aromatic rings. The van der Waals surface area contributed by atoms with Crippen molar-refractivity contribution in [1.82, 2.24) is 9.78 Å². The lowest BCUT2D eigenvalue weighted by Crippen LogP contribution is -2.07. The van der Waals surface area contributed by atoms with Crippen LogP contribution in [-0.4, -0.2) is 15.5 Å². The number of nitrogens with zero attached hydrogens (tertiary/aromatic N) is 2. The monoisotopic (exact) mass is 322 g/mol. The average molecular weight is 323 g/mol. The number of hydrogen-bond acceptors (Lipinski definition) is 2. The molecule has 2 nitrogen and oxygen atoms in total. The first-order valence-electron chi connectivity index (χ1n) is 7.57. The van der Waals surface area contributed by atoms with Gasteiger partial charge < -0.3 is 0 Å². The van der Waals surface area contributed by atoms with E-state index in [2.05, 4.69) is 48.9 Å². The third kappa shape index (κ3) is 4.04. The standard InChI is InChI=1S/C17H23ClN2S/c1-4-15-17(13(3)18)16(5-2)20(19-15)11-12-21-14-9-7-6-8-10-14/h6-10,13H,4-5,11-12H2,1-3H3. The molecule has 1 atom stereocenters. The Kier molecular flexibility index (Phi) is 6.19. The van der Waals surface area contributed by atoms with Gasteiger partial charge in [-0.25, -0.2) is 0 Å². The molecular weight excluding hydrogens is 300 g/mol. The van der Waals surface area contributed by atoms with E-state index in [9.17, 15) is 0 Å². The van der Waals surface area contributed by atoms with Crippen LogP contribution < -0.4 is 0 Å². The molecule has 0 N–H and O–H groups in total. The largest absolute Gasteiger partial charge is 0.268 e. The molecular formula is C17H23ClN2S. The van der Waals surface area contributed by atoms with Crippen molar-refractivity contribution >= 4 is 23.4 Å². The van der Waals surface area contributed by atoms with Crippen molar-refractivity contribution in [2.75, 3.05) is 5.75 Å². The summed E-state index contributed by atoms with van der Waals surface area (Å²) in [5, 5.41) is 4.80. The predicted molar refractivity (Wildman–Crippen MR) is 92.4 cm³/mol. The fourth-order valence-electron chi connectivity index (χ4n) is 2.61. The zero-order valence-corrected chi connectivity index (χ0v) is 14.5. The summed E-state index contributed by atoms with van der Waals surface area (Å²) >= 11 is 8.23. The number of benzene rings is 1. The summed E-state index contributed by atoms with van der Waals surface area (Å²) < 4.78 is 2.16. The number of aromatic nitrogens is 2. The lowest BCUT2D eigenvalue weighted by atomic mass is 10.1. The highest BCUT2D eigenvalue weighted by Crippen LogP contribution is 2.28. The van der Waals surface area contributed by atoms with Gasteiger partial charge in [0.2, 0.25) is 0 Å². The summed E-state index contributed by atoms with van der Waals surface area (Å²) in [7, 11) is 0. The molecule has 21 heavy (non-hydrogen) atoms. The third-order valence-electron chi connectivity index (χ3n) is 3.56. The van der Waals surface area contributed by atoms with E-state index in [0.717, 1.165) is 30.8 Å². The number of alkyl halides is 1. The van der Waals surface area contributed by atoms with Gasteiger partial charge in [0.15, 0.2) is 0 Å². The van der Waals surface area contributed by atoms with Gasteiger partial charge in [0.05, 0.1) is 17.6 Å². The maximum atomic E-state index is 6.36. The van der Waals surface area contributed by atoms with Crippen molar-refractivity contribution < 1.29 is 0 Å². The Bertz CT molecular complexity index is 564. The topological polar surface area (TPSA) is 17.8 Å². The number of thioether (sulfide) groups is 1. The molecule has 114 valence electrons. The van der Waals surface area contributed by atoms with Crippen LogP contribution in [-0.2, 0) is 19.4 Å². The highest BCUT2D eigenvalue weighted by molar-refractivity contribution is 7.99. The predicted octanol–water partition coefficient (Wildman–Crippen LogP) is 5.10. The van der Waals surface area contributed by atoms with Gasteiger partial charge in [-0.3, -0.25) is 4.68 Å². The molecule has 0 aliphatic rings. The molecule has 2 rings (SSSR count). The minimum absolute atomic E-state index is 0.0328. The molecule has 0 saturated heterocycles. The van der Waals surface area contributed by atoms with Gasteiger partial charge in [-0.1, -0.05) is 32.0 Å². The molecule has 0 radical (unpaired) electrons. The minimum Gasteiger partial charge on any atom is -0.268 e. The molecule has 0 amide bonds. The van der Waals surface area contributed by atoms with Crippen LogP contribution in [0.25, 0.3) is 0 Å². The maximum absolute atomic E-state index is 6.36. The summed E-state index contributed by atoms with van der Waals surface area (Å²) in [6.07, 6.45) is 1.92. The van der Waals surface area contributed by atoms with Crippen LogP contribution >= 0.6 is 23.4 Å². The lowest BCUT2D eigenvalue weighted by molar-refractivity contribution is 0.622. The first kappa shape index (κ1) is 16.4. The molecule has 0 saturated carbocycles. The second-order valence-corrected chi connectivity index (χ2v) is 6.84. The average Bonchev–Trinajstić information content (AvgIpc) is 2.86. The van der Waals surface area contributed by atoms with Gasteiger partial charge in [-0.15, -0.1) is 23.4 Å². The smallest absolute Gasteiger partial charge is 0.0671 e. The van der Waals surface area contributed by atoms with E-state index in [0.29, 0.717) is 0 Å². The molecule has 1 aromatic carbocycles. The summed E-state index contributed by atoms with van der Waals surface area (Å²) in [5.41, 5.74) is 3.69. The van der Waals surface area contributed by atoms with Crippen molar-refractivity contribution in [1.29, 1.82) is 0 Å². The van der Waals surface area contributed by atoms with Gasteiger partial charge in [0, 0.05) is 21.9 Å². The van der Waals surface area contributed by atoms with Crippen LogP contribution in [0, 0.1) is 0 Å². The van der Waals surface area contributed by atoms with E-state index in [1.807, 2.05) is 18.7 Å². The van der Waals surface area contributed by atoms with E-state index in [-0.39, 0.29) is 5.38 Å². The van der Waals surface area contributed by atoms with Crippen LogP contribution in [0.1, 0.15) is 43.1 Å². The van der Waals surface area contributed by atoms with Crippen molar-refractivity contribution in [3.8, 4) is 0 Å².